The minimum absolute atomic E-state index is 0.0411. The van der Waals surface area contributed by atoms with E-state index in [2.05, 4.69) is 11.4 Å². The van der Waals surface area contributed by atoms with Crippen LogP contribution in [0.15, 0.2) is 18.2 Å². The van der Waals surface area contributed by atoms with Crippen LogP contribution in [0.25, 0.3) is 0 Å². The van der Waals surface area contributed by atoms with Crippen LogP contribution in [0.2, 0.25) is 0 Å². The number of sulfonamides is 1. The summed E-state index contributed by atoms with van der Waals surface area (Å²) >= 11 is 0. The summed E-state index contributed by atoms with van der Waals surface area (Å²) in [5.74, 6) is 1.14. The van der Waals surface area contributed by atoms with Gasteiger partial charge in [0, 0.05) is 26.1 Å². The van der Waals surface area contributed by atoms with Gasteiger partial charge in [0.2, 0.25) is 15.9 Å². The van der Waals surface area contributed by atoms with E-state index < -0.39 is 10.0 Å². The fourth-order valence-electron chi connectivity index (χ4n) is 3.18. The van der Waals surface area contributed by atoms with Crippen LogP contribution in [-0.2, 0) is 27.7 Å². The van der Waals surface area contributed by atoms with Gasteiger partial charge in [0.1, 0.15) is 5.75 Å². The molecule has 0 atom stereocenters. The first-order valence-corrected chi connectivity index (χ1v) is 10.1. The predicted octanol–water partition coefficient (Wildman–Crippen LogP) is 1.10. The lowest BCUT2D eigenvalue weighted by Crippen LogP contribution is -2.35. The van der Waals surface area contributed by atoms with Gasteiger partial charge < -0.3 is 10.1 Å². The number of amides is 1. The van der Waals surface area contributed by atoms with Crippen molar-refractivity contribution >= 4 is 15.9 Å². The van der Waals surface area contributed by atoms with E-state index >= 15 is 0 Å². The molecule has 2 heterocycles. The Morgan fingerprint density at radius 3 is 2.96 bits per heavy atom. The number of nitrogens with one attached hydrogen (secondary N) is 1. The Morgan fingerprint density at radius 2 is 2.17 bits per heavy atom. The number of hydrogen-bond acceptors (Lipinski definition) is 4. The molecule has 2 aliphatic heterocycles. The van der Waals surface area contributed by atoms with E-state index in [9.17, 15) is 13.2 Å². The second-order valence-electron chi connectivity index (χ2n) is 6.31. The van der Waals surface area contributed by atoms with Gasteiger partial charge in [0.05, 0.1) is 12.4 Å². The zero-order valence-corrected chi connectivity index (χ0v) is 14.6. The van der Waals surface area contributed by atoms with Crippen molar-refractivity contribution in [1.82, 2.24) is 9.62 Å². The molecule has 1 fully saturated rings. The molecule has 6 nitrogen and oxygen atoms in total. The summed E-state index contributed by atoms with van der Waals surface area (Å²) in [5, 5.41) is 2.81. The summed E-state index contributed by atoms with van der Waals surface area (Å²) in [6, 6.07) is 6.12. The molecule has 0 bridgehead atoms. The summed E-state index contributed by atoms with van der Waals surface area (Å²) < 4.78 is 30.4. The highest BCUT2D eigenvalue weighted by Gasteiger charge is 2.27. The highest BCUT2D eigenvalue weighted by molar-refractivity contribution is 7.89. The van der Waals surface area contributed by atoms with Crippen LogP contribution >= 0.6 is 0 Å². The van der Waals surface area contributed by atoms with Crippen LogP contribution in [0.4, 0.5) is 0 Å². The topological polar surface area (TPSA) is 75.7 Å². The molecule has 0 saturated carbocycles. The fraction of sp³-hybridized carbons (Fsp3) is 0.588. The number of fused-ring (bicyclic) bond motifs is 1. The molecular formula is C17H24N2O4S. The third-order valence-corrected chi connectivity index (χ3v) is 6.46. The van der Waals surface area contributed by atoms with E-state index in [-0.39, 0.29) is 11.7 Å². The molecule has 1 amide bonds. The van der Waals surface area contributed by atoms with Gasteiger partial charge in [-0.1, -0.05) is 12.1 Å². The number of nitrogens with zero attached hydrogens (tertiary/aromatic N) is 1. The maximum atomic E-state index is 11.9. The Bertz CT molecular complexity index is 703. The highest BCUT2D eigenvalue weighted by Crippen LogP contribution is 2.25. The van der Waals surface area contributed by atoms with Gasteiger partial charge in [0.15, 0.2) is 0 Å². The van der Waals surface area contributed by atoms with Crippen molar-refractivity contribution in [3.05, 3.63) is 29.3 Å². The summed E-state index contributed by atoms with van der Waals surface area (Å²) in [4.78, 5) is 11.9. The molecule has 1 aromatic rings. The smallest absolute Gasteiger partial charge is 0.220 e. The molecule has 0 radical (unpaired) electrons. The van der Waals surface area contributed by atoms with Crippen molar-refractivity contribution in [2.45, 2.75) is 32.1 Å². The van der Waals surface area contributed by atoms with E-state index in [1.807, 2.05) is 12.1 Å². The molecular weight excluding hydrogens is 328 g/mol. The van der Waals surface area contributed by atoms with Crippen molar-refractivity contribution in [2.75, 3.05) is 32.0 Å². The summed E-state index contributed by atoms with van der Waals surface area (Å²) in [5.41, 5.74) is 2.36. The lowest BCUT2D eigenvalue weighted by Gasteiger charge is -2.18. The lowest BCUT2D eigenvalue weighted by molar-refractivity contribution is -0.121. The maximum Gasteiger partial charge on any atom is 0.220 e. The van der Waals surface area contributed by atoms with E-state index in [1.165, 1.54) is 9.87 Å². The summed E-state index contributed by atoms with van der Waals surface area (Å²) in [6.45, 7) is 2.08. The Kier molecular flexibility index (Phi) is 5.40. The highest BCUT2D eigenvalue weighted by atomic mass is 32.2. The molecule has 1 N–H and O–H groups in total. The Morgan fingerprint density at radius 1 is 1.29 bits per heavy atom. The predicted molar refractivity (Wildman–Crippen MR) is 91.6 cm³/mol. The zero-order valence-electron chi connectivity index (χ0n) is 13.8. The van der Waals surface area contributed by atoms with E-state index in [1.54, 1.807) is 0 Å². The molecule has 0 aliphatic carbocycles. The first-order valence-electron chi connectivity index (χ1n) is 8.54. The standard InChI is InChI=1S/C17H24N2O4S/c20-17(18-8-10-19-9-2-12-24(19,21)22)7-5-14-4-6-16-15(13-14)3-1-11-23-16/h4,6,13H,1-3,5,7-12H2,(H,18,20). The molecule has 0 spiro atoms. The molecule has 7 heteroatoms. The molecule has 0 unspecified atom stereocenters. The van der Waals surface area contributed by atoms with Gasteiger partial charge in [-0.3, -0.25) is 4.79 Å². The van der Waals surface area contributed by atoms with E-state index in [0.717, 1.165) is 30.8 Å². The van der Waals surface area contributed by atoms with Gasteiger partial charge in [-0.15, -0.1) is 0 Å². The quantitative estimate of drug-likeness (QED) is 0.832. The SMILES string of the molecule is O=C(CCc1ccc2c(c1)CCCO2)NCCN1CCCS1(=O)=O. The summed E-state index contributed by atoms with van der Waals surface area (Å²) in [7, 11) is -3.08. The van der Waals surface area contributed by atoms with Crippen molar-refractivity contribution in [2.24, 2.45) is 0 Å². The van der Waals surface area contributed by atoms with Gasteiger partial charge in [-0.05, 0) is 42.9 Å². The number of carbonyl (C=O) groups is 1. The van der Waals surface area contributed by atoms with Crippen LogP contribution in [-0.4, -0.2) is 50.6 Å². The molecule has 1 aromatic carbocycles. The van der Waals surface area contributed by atoms with E-state index in [4.69, 9.17) is 4.74 Å². The average Bonchev–Trinajstić information content (AvgIpc) is 2.91. The van der Waals surface area contributed by atoms with Crippen molar-refractivity contribution < 1.29 is 17.9 Å². The zero-order chi connectivity index (χ0) is 17.0. The first kappa shape index (κ1) is 17.2. The Labute approximate surface area is 143 Å². The molecule has 2 aliphatic rings. The minimum atomic E-state index is -3.08. The van der Waals surface area contributed by atoms with Crippen molar-refractivity contribution in [3.8, 4) is 5.75 Å². The lowest BCUT2D eigenvalue weighted by atomic mass is 10.0. The van der Waals surface area contributed by atoms with Crippen LogP contribution < -0.4 is 10.1 Å². The number of ether oxygens (including phenoxy) is 1. The number of benzene rings is 1. The monoisotopic (exact) mass is 352 g/mol. The molecule has 0 aromatic heterocycles. The van der Waals surface area contributed by atoms with Gasteiger partial charge in [0.25, 0.3) is 0 Å². The van der Waals surface area contributed by atoms with Crippen molar-refractivity contribution in [1.29, 1.82) is 0 Å². The van der Waals surface area contributed by atoms with Gasteiger partial charge >= 0.3 is 0 Å². The molecule has 3 rings (SSSR count). The van der Waals surface area contributed by atoms with Crippen molar-refractivity contribution in [3.63, 3.8) is 0 Å². The average molecular weight is 352 g/mol. The number of aryl methyl sites for hydroxylation is 2. The third-order valence-electron chi connectivity index (χ3n) is 4.50. The number of hydrogen-bond donors (Lipinski definition) is 1. The maximum absolute atomic E-state index is 11.9. The molecule has 24 heavy (non-hydrogen) atoms. The van der Waals surface area contributed by atoms with Gasteiger partial charge in [-0.2, -0.15) is 0 Å². The molecule has 1 saturated heterocycles. The second kappa shape index (κ2) is 7.53. The first-order chi connectivity index (χ1) is 11.5. The number of rotatable bonds is 6. The third kappa shape index (κ3) is 4.27. The Balaban J connectivity index is 1.41. The summed E-state index contributed by atoms with van der Waals surface area (Å²) in [6.07, 6.45) is 3.84. The minimum Gasteiger partial charge on any atom is -0.493 e. The Hall–Kier alpha value is -1.60. The largest absolute Gasteiger partial charge is 0.493 e. The van der Waals surface area contributed by atoms with Crippen LogP contribution in [0.1, 0.15) is 30.4 Å². The normalized spacial score (nSPS) is 19.5. The fourth-order valence-corrected chi connectivity index (χ4v) is 4.71. The second-order valence-corrected chi connectivity index (χ2v) is 8.40. The van der Waals surface area contributed by atoms with Gasteiger partial charge in [-0.25, -0.2) is 12.7 Å². The number of carbonyl (C=O) groups excluding carboxylic acids is 1. The molecule has 132 valence electrons. The van der Waals surface area contributed by atoms with Crippen LogP contribution in [0.3, 0.4) is 0 Å². The van der Waals surface area contributed by atoms with Crippen LogP contribution in [0, 0.1) is 0 Å². The van der Waals surface area contributed by atoms with Crippen LogP contribution in [0.5, 0.6) is 5.75 Å². The van der Waals surface area contributed by atoms with E-state index in [0.29, 0.717) is 38.9 Å².